The van der Waals surface area contributed by atoms with Crippen molar-refractivity contribution in [3.63, 3.8) is 0 Å². The molecule has 3 aromatic rings. The number of carbonyl (C=O) groups is 1. The zero-order valence-corrected chi connectivity index (χ0v) is 16.1. The molecule has 0 atom stereocenters. The maximum absolute atomic E-state index is 13.6. The Labute approximate surface area is 160 Å². The van der Waals surface area contributed by atoms with Crippen LogP contribution in [0.25, 0.3) is 10.9 Å². The summed E-state index contributed by atoms with van der Waals surface area (Å²) in [5.74, 6) is -0.598. The second-order valence-corrected chi connectivity index (χ2v) is 7.42. The number of halogens is 1. The van der Waals surface area contributed by atoms with Crippen LogP contribution in [0.2, 0.25) is 0 Å². The summed E-state index contributed by atoms with van der Waals surface area (Å²) >= 11 is 1.19. The molecule has 1 amide bonds. The first-order valence-corrected chi connectivity index (χ1v) is 9.55. The van der Waals surface area contributed by atoms with Crippen molar-refractivity contribution in [2.45, 2.75) is 32.0 Å². The van der Waals surface area contributed by atoms with Crippen LogP contribution >= 0.6 is 11.8 Å². The maximum Gasteiger partial charge on any atom is 0.262 e. The third kappa shape index (κ3) is 4.19. The van der Waals surface area contributed by atoms with Gasteiger partial charge in [0.05, 0.1) is 16.7 Å². The lowest BCUT2D eigenvalue weighted by Crippen LogP contribution is -2.25. The zero-order valence-electron chi connectivity index (χ0n) is 15.3. The van der Waals surface area contributed by atoms with Gasteiger partial charge < -0.3 is 5.32 Å². The van der Waals surface area contributed by atoms with E-state index in [1.54, 1.807) is 41.8 Å². The Balaban J connectivity index is 1.81. The smallest absolute Gasteiger partial charge is 0.262 e. The van der Waals surface area contributed by atoms with E-state index in [4.69, 9.17) is 0 Å². The number of anilines is 1. The van der Waals surface area contributed by atoms with Gasteiger partial charge >= 0.3 is 0 Å². The molecule has 7 heteroatoms. The molecule has 140 valence electrons. The number of fused-ring (bicyclic) bond motifs is 1. The molecule has 0 fully saturated rings. The van der Waals surface area contributed by atoms with Gasteiger partial charge in [0.1, 0.15) is 5.82 Å². The van der Waals surface area contributed by atoms with Gasteiger partial charge in [-0.25, -0.2) is 9.37 Å². The van der Waals surface area contributed by atoms with Crippen LogP contribution in [0.1, 0.15) is 25.5 Å². The molecule has 0 aliphatic carbocycles. The SMILES string of the molecule is Cc1ccc(NC(=O)CSc2nc3ccccc3c(=O)n2C(C)C)cc1F. The number of nitrogens with zero attached hydrogens (tertiary/aromatic N) is 2. The molecule has 2 aromatic carbocycles. The van der Waals surface area contributed by atoms with Crippen LogP contribution < -0.4 is 10.9 Å². The van der Waals surface area contributed by atoms with Gasteiger partial charge in [0, 0.05) is 11.7 Å². The van der Waals surface area contributed by atoms with Crippen LogP contribution in [0.3, 0.4) is 0 Å². The summed E-state index contributed by atoms with van der Waals surface area (Å²) in [5, 5.41) is 3.70. The van der Waals surface area contributed by atoms with E-state index in [9.17, 15) is 14.0 Å². The lowest BCUT2D eigenvalue weighted by molar-refractivity contribution is -0.113. The molecule has 0 saturated carbocycles. The monoisotopic (exact) mass is 385 g/mol. The minimum Gasteiger partial charge on any atom is -0.325 e. The fraction of sp³-hybridized carbons (Fsp3) is 0.250. The quantitative estimate of drug-likeness (QED) is 0.529. The Bertz CT molecular complexity index is 1060. The average Bonchev–Trinajstić information content (AvgIpc) is 2.63. The number of thioether (sulfide) groups is 1. The summed E-state index contributed by atoms with van der Waals surface area (Å²) in [4.78, 5) is 29.6. The van der Waals surface area contributed by atoms with Gasteiger partial charge in [-0.15, -0.1) is 0 Å². The molecule has 27 heavy (non-hydrogen) atoms. The molecule has 0 aliphatic rings. The highest BCUT2D eigenvalue weighted by molar-refractivity contribution is 7.99. The lowest BCUT2D eigenvalue weighted by Gasteiger charge is -2.16. The van der Waals surface area contributed by atoms with Crippen molar-refractivity contribution in [1.82, 2.24) is 9.55 Å². The van der Waals surface area contributed by atoms with Crippen LogP contribution in [-0.4, -0.2) is 21.2 Å². The van der Waals surface area contributed by atoms with Crippen molar-refractivity contribution < 1.29 is 9.18 Å². The van der Waals surface area contributed by atoms with Gasteiger partial charge in [0.15, 0.2) is 5.16 Å². The molecular formula is C20H20FN3O2S. The first-order valence-electron chi connectivity index (χ1n) is 8.57. The standard InChI is InChI=1S/C20H20FN3O2S/c1-12(2)24-19(26)15-6-4-5-7-17(15)23-20(24)27-11-18(25)22-14-9-8-13(3)16(21)10-14/h4-10,12H,11H2,1-3H3,(H,22,25). The number of nitrogens with one attached hydrogen (secondary N) is 1. The largest absolute Gasteiger partial charge is 0.325 e. The van der Waals surface area contributed by atoms with Crippen molar-refractivity contribution in [3.8, 4) is 0 Å². The molecule has 0 aliphatic heterocycles. The zero-order chi connectivity index (χ0) is 19.6. The Hall–Kier alpha value is -2.67. The van der Waals surface area contributed by atoms with E-state index in [0.717, 1.165) is 0 Å². The Morgan fingerprint density at radius 2 is 2.00 bits per heavy atom. The van der Waals surface area contributed by atoms with Gasteiger partial charge in [-0.3, -0.25) is 14.2 Å². The van der Waals surface area contributed by atoms with Crippen molar-refractivity contribution in [1.29, 1.82) is 0 Å². The molecule has 0 spiro atoms. The fourth-order valence-corrected chi connectivity index (χ4v) is 3.61. The number of rotatable bonds is 5. The number of benzene rings is 2. The van der Waals surface area contributed by atoms with Crippen LogP contribution in [-0.2, 0) is 4.79 Å². The van der Waals surface area contributed by atoms with E-state index in [0.29, 0.717) is 27.3 Å². The summed E-state index contributed by atoms with van der Waals surface area (Å²) in [5.41, 5.74) is 1.39. The molecule has 0 unspecified atom stereocenters. The molecule has 3 rings (SSSR count). The summed E-state index contributed by atoms with van der Waals surface area (Å²) in [6, 6.07) is 11.6. The number of carbonyl (C=O) groups excluding carboxylic acids is 1. The molecule has 0 saturated heterocycles. The minimum atomic E-state index is -0.370. The van der Waals surface area contributed by atoms with Crippen LogP contribution in [0.15, 0.2) is 52.4 Å². The van der Waals surface area contributed by atoms with E-state index >= 15 is 0 Å². The predicted octanol–water partition coefficient (Wildman–Crippen LogP) is 4.16. The molecule has 0 radical (unpaired) electrons. The molecule has 5 nitrogen and oxygen atoms in total. The van der Waals surface area contributed by atoms with Crippen molar-refractivity contribution >= 4 is 34.3 Å². The summed E-state index contributed by atoms with van der Waals surface area (Å²) < 4.78 is 15.2. The van der Waals surface area contributed by atoms with E-state index in [-0.39, 0.29) is 29.1 Å². The van der Waals surface area contributed by atoms with Gasteiger partial charge in [0.2, 0.25) is 5.91 Å². The topological polar surface area (TPSA) is 64.0 Å². The third-order valence-electron chi connectivity index (χ3n) is 4.08. The Kier molecular flexibility index (Phi) is 5.60. The number of hydrogen-bond acceptors (Lipinski definition) is 4. The second kappa shape index (κ2) is 7.92. The molecular weight excluding hydrogens is 365 g/mol. The summed E-state index contributed by atoms with van der Waals surface area (Å²) in [7, 11) is 0. The molecule has 1 aromatic heterocycles. The van der Waals surface area contributed by atoms with Gasteiger partial charge in [-0.1, -0.05) is 30.0 Å². The van der Waals surface area contributed by atoms with Crippen LogP contribution in [0.5, 0.6) is 0 Å². The van der Waals surface area contributed by atoms with E-state index in [1.807, 2.05) is 19.9 Å². The average molecular weight is 385 g/mol. The fourth-order valence-electron chi connectivity index (χ4n) is 2.68. The van der Waals surface area contributed by atoms with Crippen molar-refractivity contribution in [3.05, 3.63) is 64.2 Å². The minimum absolute atomic E-state index is 0.0625. The number of amides is 1. The number of para-hydroxylation sites is 1. The Morgan fingerprint density at radius 1 is 1.26 bits per heavy atom. The lowest BCUT2D eigenvalue weighted by atomic mass is 10.2. The van der Waals surface area contributed by atoms with Gasteiger partial charge in [-0.2, -0.15) is 0 Å². The second-order valence-electron chi connectivity index (χ2n) is 6.48. The highest BCUT2D eigenvalue weighted by Crippen LogP contribution is 2.21. The molecule has 1 heterocycles. The molecule has 0 bridgehead atoms. The van der Waals surface area contributed by atoms with Crippen molar-refractivity contribution in [2.75, 3.05) is 11.1 Å². The first kappa shape index (κ1) is 19.1. The van der Waals surface area contributed by atoms with E-state index in [2.05, 4.69) is 10.3 Å². The predicted molar refractivity (Wildman–Crippen MR) is 107 cm³/mol. The normalized spacial score (nSPS) is 11.1. The van der Waals surface area contributed by atoms with Crippen LogP contribution in [0.4, 0.5) is 10.1 Å². The number of aromatic nitrogens is 2. The summed E-state index contributed by atoms with van der Waals surface area (Å²) in [6.45, 7) is 5.46. The van der Waals surface area contributed by atoms with Gasteiger partial charge in [0.25, 0.3) is 5.56 Å². The van der Waals surface area contributed by atoms with E-state index < -0.39 is 0 Å². The van der Waals surface area contributed by atoms with Gasteiger partial charge in [-0.05, 0) is 50.6 Å². The molecule has 1 N–H and O–H groups in total. The highest BCUT2D eigenvalue weighted by Gasteiger charge is 2.15. The van der Waals surface area contributed by atoms with E-state index in [1.165, 1.54) is 17.8 Å². The number of hydrogen-bond donors (Lipinski definition) is 1. The first-order chi connectivity index (χ1) is 12.9. The Morgan fingerprint density at radius 3 is 2.70 bits per heavy atom. The maximum atomic E-state index is 13.6. The highest BCUT2D eigenvalue weighted by atomic mass is 32.2. The van der Waals surface area contributed by atoms with Crippen molar-refractivity contribution in [2.24, 2.45) is 0 Å². The third-order valence-corrected chi connectivity index (χ3v) is 5.03. The summed E-state index contributed by atoms with van der Waals surface area (Å²) in [6.07, 6.45) is 0. The number of aryl methyl sites for hydroxylation is 1. The van der Waals surface area contributed by atoms with Crippen LogP contribution in [0, 0.1) is 12.7 Å².